The summed E-state index contributed by atoms with van der Waals surface area (Å²) in [5, 5.41) is 3.34. The topological polar surface area (TPSA) is 63.8 Å². The van der Waals surface area contributed by atoms with Crippen molar-refractivity contribution in [2.45, 2.75) is 26.8 Å². The van der Waals surface area contributed by atoms with Gasteiger partial charge in [0.1, 0.15) is 17.5 Å². The molecule has 0 saturated heterocycles. The Balaban J connectivity index is 2.84. The van der Waals surface area contributed by atoms with Crippen LogP contribution in [-0.4, -0.2) is 28.0 Å². The first-order chi connectivity index (χ1) is 7.04. The van der Waals surface area contributed by atoms with Gasteiger partial charge in [-0.2, -0.15) is 11.8 Å². The van der Waals surface area contributed by atoms with E-state index in [0.717, 1.165) is 17.1 Å². The molecule has 0 radical (unpaired) electrons. The maximum atomic E-state index is 5.77. The number of nitrogen functional groups attached to an aromatic ring is 1. The van der Waals surface area contributed by atoms with Gasteiger partial charge in [-0.15, -0.1) is 0 Å². The van der Waals surface area contributed by atoms with Gasteiger partial charge in [-0.05, 0) is 27.0 Å². The van der Waals surface area contributed by atoms with Gasteiger partial charge in [0, 0.05) is 17.4 Å². The van der Waals surface area contributed by atoms with Crippen molar-refractivity contribution in [1.29, 1.82) is 0 Å². The Morgan fingerprint density at radius 1 is 1.40 bits per heavy atom. The standard InChI is InChI=1S/C10H18N4S/c1-6(5-15-4)12-10-7(2)9(11)13-8(3)14-10/h6H,5H2,1-4H3,(H3,11,12,13,14). The van der Waals surface area contributed by atoms with Gasteiger partial charge in [0.25, 0.3) is 0 Å². The second-order valence-electron chi connectivity index (χ2n) is 3.63. The van der Waals surface area contributed by atoms with Crippen LogP contribution in [0.4, 0.5) is 11.6 Å². The minimum atomic E-state index is 0.382. The molecule has 0 aliphatic heterocycles. The maximum Gasteiger partial charge on any atom is 0.134 e. The normalized spacial score (nSPS) is 12.5. The lowest BCUT2D eigenvalue weighted by Gasteiger charge is -2.16. The highest BCUT2D eigenvalue weighted by Crippen LogP contribution is 2.18. The number of rotatable bonds is 4. The van der Waals surface area contributed by atoms with Crippen molar-refractivity contribution in [3.8, 4) is 0 Å². The van der Waals surface area contributed by atoms with E-state index in [1.165, 1.54) is 0 Å². The third kappa shape index (κ3) is 3.27. The highest BCUT2D eigenvalue weighted by Gasteiger charge is 2.08. The second-order valence-corrected chi connectivity index (χ2v) is 4.54. The molecule has 84 valence electrons. The Bertz CT molecular complexity index is 340. The monoisotopic (exact) mass is 226 g/mol. The molecule has 1 heterocycles. The van der Waals surface area contributed by atoms with Crippen molar-refractivity contribution in [1.82, 2.24) is 9.97 Å². The number of aryl methyl sites for hydroxylation is 1. The molecule has 0 aromatic carbocycles. The van der Waals surface area contributed by atoms with Crippen molar-refractivity contribution in [2.24, 2.45) is 0 Å². The average Bonchev–Trinajstić information content (AvgIpc) is 2.13. The zero-order valence-corrected chi connectivity index (χ0v) is 10.5. The molecule has 0 amide bonds. The van der Waals surface area contributed by atoms with Crippen LogP contribution >= 0.6 is 11.8 Å². The van der Waals surface area contributed by atoms with E-state index in [4.69, 9.17) is 5.73 Å². The van der Waals surface area contributed by atoms with Gasteiger partial charge in [-0.25, -0.2) is 9.97 Å². The number of hydrogen-bond acceptors (Lipinski definition) is 5. The molecule has 0 fully saturated rings. The predicted molar refractivity (Wildman–Crippen MR) is 67.4 cm³/mol. The Hall–Kier alpha value is -0.970. The van der Waals surface area contributed by atoms with Crippen LogP contribution in [0.3, 0.4) is 0 Å². The van der Waals surface area contributed by atoms with Gasteiger partial charge >= 0.3 is 0 Å². The van der Waals surface area contributed by atoms with E-state index < -0.39 is 0 Å². The number of nitrogens with two attached hydrogens (primary N) is 1. The van der Waals surface area contributed by atoms with Crippen molar-refractivity contribution in [3.63, 3.8) is 0 Å². The van der Waals surface area contributed by atoms with Crippen molar-refractivity contribution in [3.05, 3.63) is 11.4 Å². The largest absolute Gasteiger partial charge is 0.383 e. The molecular formula is C10H18N4S. The van der Waals surface area contributed by atoms with E-state index in [2.05, 4.69) is 28.5 Å². The van der Waals surface area contributed by atoms with Gasteiger partial charge < -0.3 is 11.1 Å². The van der Waals surface area contributed by atoms with Gasteiger partial charge in [-0.3, -0.25) is 0 Å². The van der Waals surface area contributed by atoms with E-state index in [-0.39, 0.29) is 0 Å². The summed E-state index contributed by atoms with van der Waals surface area (Å²) in [4.78, 5) is 8.45. The number of thioether (sulfide) groups is 1. The third-order valence-corrected chi connectivity index (χ3v) is 2.93. The van der Waals surface area contributed by atoms with Gasteiger partial charge in [0.05, 0.1) is 0 Å². The SMILES string of the molecule is CSCC(C)Nc1nc(C)nc(N)c1C. The Morgan fingerprint density at radius 2 is 2.07 bits per heavy atom. The lowest BCUT2D eigenvalue weighted by molar-refractivity contribution is 0.889. The Kier molecular flexibility index (Phi) is 4.20. The lowest BCUT2D eigenvalue weighted by Crippen LogP contribution is -2.20. The van der Waals surface area contributed by atoms with Gasteiger partial charge in [0.2, 0.25) is 0 Å². The number of nitrogens with one attached hydrogen (secondary N) is 1. The van der Waals surface area contributed by atoms with Crippen molar-refractivity contribution in [2.75, 3.05) is 23.1 Å². The van der Waals surface area contributed by atoms with Crippen LogP contribution in [0.25, 0.3) is 0 Å². The zero-order chi connectivity index (χ0) is 11.4. The molecule has 1 rings (SSSR count). The number of nitrogens with zero attached hydrogens (tertiary/aromatic N) is 2. The van der Waals surface area contributed by atoms with Crippen LogP contribution in [0.15, 0.2) is 0 Å². The molecule has 0 aliphatic rings. The molecule has 15 heavy (non-hydrogen) atoms. The number of anilines is 2. The Morgan fingerprint density at radius 3 is 2.67 bits per heavy atom. The molecule has 5 heteroatoms. The number of aromatic nitrogens is 2. The predicted octanol–water partition coefficient (Wildman–Crippen LogP) is 1.84. The van der Waals surface area contributed by atoms with Crippen LogP contribution in [0, 0.1) is 13.8 Å². The molecule has 3 N–H and O–H groups in total. The third-order valence-electron chi connectivity index (χ3n) is 2.10. The van der Waals surface area contributed by atoms with Crippen molar-refractivity contribution < 1.29 is 0 Å². The summed E-state index contributed by atoms with van der Waals surface area (Å²) in [6.45, 7) is 5.91. The smallest absolute Gasteiger partial charge is 0.134 e. The van der Waals surface area contributed by atoms with Crippen LogP contribution in [-0.2, 0) is 0 Å². The molecule has 4 nitrogen and oxygen atoms in total. The molecule has 0 saturated carbocycles. The summed E-state index contributed by atoms with van der Waals surface area (Å²) in [6, 6.07) is 0.382. The summed E-state index contributed by atoms with van der Waals surface area (Å²) in [6.07, 6.45) is 2.09. The summed E-state index contributed by atoms with van der Waals surface area (Å²) < 4.78 is 0. The minimum absolute atomic E-state index is 0.382. The Labute approximate surface area is 95.1 Å². The van der Waals surface area contributed by atoms with Gasteiger partial charge in [0.15, 0.2) is 0 Å². The summed E-state index contributed by atoms with van der Waals surface area (Å²) in [7, 11) is 0. The summed E-state index contributed by atoms with van der Waals surface area (Å²) >= 11 is 1.81. The molecule has 1 atom stereocenters. The first-order valence-corrected chi connectivity index (χ1v) is 6.30. The van der Waals surface area contributed by atoms with E-state index in [9.17, 15) is 0 Å². The highest BCUT2D eigenvalue weighted by molar-refractivity contribution is 7.98. The maximum absolute atomic E-state index is 5.77. The first kappa shape index (κ1) is 12.1. The average molecular weight is 226 g/mol. The van der Waals surface area contributed by atoms with Gasteiger partial charge in [-0.1, -0.05) is 0 Å². The fourth-order valence-corrected chi connectivity index (χ4v) is 1.90. The molecular weight excluding hydrogens is 208 g/mol. The molecule has 0 spiro atoms. The van der Waals surface area contributed by atoms with E-state index in [1.807, 2.05) is 13.8 Å². The van der Waals surface area contributed by atoms with Crippen molar-refractivity contribution >= 4 is 23.4 Å². The molecule has 0 aliphatic carbocycles. The summed E-state index contributed by atoms with van der Waals surface area (Å²) in [5.41, 5.74) is 6.70. The molecule has 1 unspecified atom stereocenters. The van der Waals surface area contributed by atoms with E-state index >= 15 is 0 Å². The summed E-state index contributed by atoms with van der Waals surface area (Å²) in [5.74, 6) is 3.16. The van der Waals surface area contributed by atoms with Crippen LogP contribution in [0.2, 0.25) is 0 Å². The quantitative estimate of drug-likeness (QED) is 0.820. The van der Waals surface area contributed by atoms with Crippen LogP contribution in [0.5, 0.6) is 0 Å². The van der Waals surface area contributed by atoms with E-state index in [1.54, 1.807) is 11.8 Å². The molecule has 1 aromatic rings. The lowest BCUT2D eigenvalue weighted by atomic mass is 10.3. The highest BCUT2D eigenvalue weighted by atomic mass is 32.2. The second kappa shape index (κ2) is 5.21. The minimum Gasteiger partial charge on any atom is -0.383 e. The zero-order valence-electron chi connectivity index (χ0n) is 9.66. The first-order valence-electron chi connectivity index (χ1n) is 4.90. The molecule has 1 aromatic heterocycles. The van der Waals surface area contributed by atoms with Crippen LogP contribution < -0.4 is 11.1 Å². The molecule has 0 bridgehead atoms. The van der Waals surface area contributed by atoms with Crippen LogP contribution in [0.1, 0.15) is 18.3 Å². The fraction of sp³-hybridized carbons (Fsp3) is 0.600. The fourth-order valence-electron chi connectivity index (χ4n) is 1.32. The van der Waals surface area contributed by atoms with E-state index in [0.29, 0.717) is 17.7 Å². The number of hydrogen-bond donors (Lipinski definition) is 2.